The largest absolute Gasteiger partial charge is 0.494 e. The predicted molar refractivity (Wildman–Crippen MR) is 95.9 cm³/mol. The van der Waals surface area contributed by atoms with Crippen molar-refractivity contribution in [3.8, 4) is 11.9 Å². The van der Waals surface area contributed by atoms with Crippen LogP contribution < -0.4 is 4.74 Å². The van der Waals surface area contributed by atoms with E-state index in [9.17, 15) is 8.42 Å². The van der Waals surface area contributed by atoms with Gasteiger partial charge in [-0.2, -0.15) is 5.26 Å². The van der Waals surface area contributed by atoms with Crippen molar-refractivity contribution in [2.24, 2.45) is 11.3 Å². The lowest BCUT2D eigenvalue weighted by atomic mass is 9.56. The molecule has 6 heteroatoms. The highest BCUT2D eigenvalue weighted by molar-refractivity contribution is 7.90. The van der Waals surface area contributed by atoms with Crippen LogP contribution in [-0.4, -0.2) is 39.3 Å². The third-order valence-electron chi connectivity index (χ3n) is 5.69. The summed E-state index contributed by atoms with van der Waals surface area (Å²) in [5, 5.41) is 8.93. The third kappa shape index (κ3) is 4.46. The number of benzene rings is 1. The highest BCUT2D eigenvalue weighted by atomic mass is 32.2. The van der Waals surface area contributed by atoms with Crippen molar-refractivity contribution in [2.75, 3.05) is 26.0 Å². The summed E-state index contributed by atoms with van der Waals surface area (Å²) in [6.07, 6.45) is 10.6. The molecule has 1 saturated carbocycles. The van der Waals surface area contributed by atoms with Crippen LogP contribution in [0.3, 0.4) is 0 Å². The van der Waals surface area contributed by atoms with Crippen LogP contribution in [0.15, 0.2) is 29.2 Å². The molecule has 0 atom stereocenters. The molecule has 0 unspecified atom stereocenters. The minimum atomic E-state index is -3.15. The number of hydrogen-bond donors (Lipinski definition) is 0. The SMILES string of the molecule is CS(=O)(=O)c1ccc(OCCCC2CC3(CCN(C#N)CC3)C2)cc1. The minimum Gasteiger partial charge on any atom is -0.494 e. The van der Waals surface area contributed by atoms with Gasteiger partial charge < -0.3 is 9.64 Å². The Bertz CT molecular complexity index is 721. The van der Waals surface area contributed by atoms with Crippen molar-refractivity contribution in [1.82, 2.24) is 4.90 Å². The normalized spacial score (nSPS) is 20.1. The first kappa shape index (κ1) is 18.1. The van der Waals surface area contributed by atoms with E-state index < -0.39 is 9.84 Å². The monoisotopic (exact) mass is 362 g/mol. The van der Waals surface area contributed by atoms with E-state index in [1.54, 1.807) is 24.3 Å². The molecule has 0 radical (unpaired) electrons. The summed E-state index contributed by atoms with van der Waals surface area (Å²) in [6, 6.07) is 6.62. The molecular formula is C19H26N2O3S. The van der Waals surface area contributed by atoms with Crippen LogP contribution in [0, 0.1) is 22.8 Å². The lowest BCUT2D eigenvalue weighted by Gasteiger charge is -2.51. The quantitative estimate of drug-likeness (QED) is 0.574. The van der Waals surface area contributed by atoms with Crippen molar-refractivity contribution in [3.05, 3.63) is 24.3 Å². The van der Waals surface area contributed by atoms with E-state index in [-0.39, 0.29) is 0 Å². The van der Waals surface area contributed by atoms with Gasteiger partial charge in [0, 0.05) is 19.3 Å². The number of piperidine rings is 1. The predicted octanol–water partition coefficient (Wildman–Crippen LogP) is 3.22. The Labute approximate surface area is 150 Å². The molecule has 0 amide bonds. The van der Waals surface area contributed by atoms with Crippen molar-refractivity contribution < 1.29 is 13.2 Å². The van der Waals surface area contributed by atoms with E-state index in [4.69, 9.17) is 10.00 Å². The van der Waals surface area contributed by atoms with Gasteiger partial charge in [-0.3, -0.25) is 0 Å². The zero-order valence-corrected chi connectivity index (χ0v) is 15.6. The molecule has 1 spiro atoms. The summed E-state index contributed by atoms with van der Waals surface area (Å²) in [6.45, 7) is 2.52. The number of likely N-dealkylation sites (tertiary alicyclic amines) is 1. The number of hydrogen-bond acceptors (Lipinski definition) is 5. The van der Waals surface area contributed by atoms with Gasteiger partial charge in [0.05, 0.1) is 11.5 Å². The fourth-order valence-corrected chi connectivity index (χ4v) is 4.83. The van der Waals surface area contributed by atoms with Gasteiger partial charge in [-0.15, -0.1) is 0 Å². The van der Waals surface area contributed by atoms with Crippen LogP contribution in [0.5, 0.6) is 5.75 Å². The maximum absolute atomic E-state index is 11.4. The van der Waals surface area contributed by atoms with E-state index in [1.807, 2.05) is 4.90 Å². The Kier molecular flexibility index (Phi) is 5.24. The lowest BCUT2D eigenvalue weighted by Crippen LogP contribution is -2.45. The molecule has 0 bridgehead atoms. The van der Waals surface area contributed by atoms with Crippen molar-refractivity contribution >= 4 is 9.84 Å². The van der Waals surface area contributed by atoms with Gasteiger partial charge in [0.15, 0.2) is 16.0 Å². The second kappa shape index (κ2) is 7.25. The standard InChI is InChI=1S/C19H26N2O3S/c1-25(22,23)18-6-4-17(5-7-18)24-12-2-3-16-13-19(14-16)8-10-21(15-20)11-9-19/h4-7,16H,2-3,8-14H2,1H3. The molecule has 2 fully saturated rings. The Morgan fingerprint density at radius 3 is 2.44 bits per heavy atom. The fourth-order valence-electron chi connectivity index (χ4n) is 4.20. The molecule has 2 aliphatic rings. The van der Waals surface area contributed by atoms with Crippen LogP contribution in [0.2, 0.25) is 0 Å². The molecule has 1 aliphatic heterocycles. The number of rotatable bonds is 6. The summed E-state index contributed by atoms with van der Waals surface area (Å²) in [5.41, 5.74) is 0.514. The topological polar surface area (TPSA) is 70.4 Å². The number of ether oxygens (including phenoxy) is 1. The molecule has 1 heterocycles. The summed E-state index contributed by atoms with van der Waals surface area (Å²) in [5.74, 6) is 1.52. The Hall–Kier alpha value is -1.74. The highest BCUT2D eigenvalue weighted by Gasteiger charge is 2.45. The van der Waals surface area contributed by atoms with E-state index in [1.165, 1.54) is 38.4 Å². The van der Waals surface area contributed by atoms with E-state index in [2.05, 4.69) is 6.19 Å². The Morgan fingerprint density at radius 1 is 1.24 bits per heavy atom. The summed E-state index contributed by atoms with van der Waals surface area (Å²) in [4.78, 5) is 2.20. The molecule has 25 heavy (non-hydrogen) atoms. The Morgan fingerprint density at radius 2 is 1.88 bits per heavy atom. The molecule has 1 aromatic carbocycles. The van der Waals surface area contributed by atoms with Crippen molar-refractivity contribution in [3.63, 3.8) is 0 Å². The lowest BCUT2D eigenvalue weighted by molar-refractivity contribution is -0.00586. The molecule has 0 N–H and O–H groups in total. The summed E-state index contributed by atoms with van der Waals surface area (Å²) >= 11 is 0. The molecule has 1 aliphatic carbocycles. The van der Waals surface area contributed by atoms with Gasteiger partial charge in [0.1, 0.15) is 5.75 Å². The average Bonchev–Trinajstić information content (AvgIpc) is 2.57. The van der Waals surface area contributed by atoms with Crippen LogP contribution >= 0.6 is 0 Å². The van der Waals surface area contributed by atoms with Crippen LogP contribution in [0.1, 0.15) is 38.5 Å². The first-order valence-corrected chi connectivity index (χ1v) is 10.9. The average molecular weight is 362 g/mol. The first-order valence-electron chi connectivity index (χ1n) is 8.98. The van der Waals surface area contributed by atoms with Gasteiger partial charge in [0.2, 0.25) is 0 Å². The molecule has 1 saturated heterocycles. The molecule has 3 rings (SSSR count). The van der Waals surface area contributed by atoms with E-state index in [0.717, 1.165) is 31.2 Å². The minimum absolute atomic E-state index is 0.321. The van der Waals surface area contributed by atoms with Crippen LogP contribution in [0.4, 0.5) is 0 Å². The first-order chi connectivity index (χ1) is 11.9. The van der Waals surface area contributed by atoms with E-state index >= 15 is 0 Å². The number of nitrogens with zero attached hydrogens (tertiary/aromatic N) is 2. The summed E-state index contributed by atoms with van der Waals surface area (Å²) < 4.78 is 28.6. The van der Waals surface area contributed by atoms with Gasteiger partial charge in [-0.05, 0) is 74.1 Å². The molecular weight excluding hydrogens is 336 g/mol. The van der Waals surface area contributed by atoms with Gasteiger partial charge in [-0.25, -0.2) is 8.42 Å². The van der Waals surface area contributed by atoms with Crippen LogP contribution in [-0.2, 0) is 9.84 Å². The molecule has 5 nitrogen and oxygen atoms in total. The second-order valence-electron chi connectivity index (χ2n) is 7.60. The fraction of sp³-hybridized carbons (Fsp3) is 0.632. The number of nitriles is 1. The second-order valence-corrected chi connectivity index (χ2v) is 9.61. The van der Waals surface area contributed by atoms with Gasteiger partial charge >= 0.3 is 0 Å². The number of sulfone groups is 1. The molecule has 1 aromatic rings. The molecule has 0 aromatic heterocycles. The molecule has 136 valence electrons. The Balaban J connectivity index is 1.33. The highest BCUT2D eigenvalue weighted by Crippen LogP contribution is 2.53. The maximum atomic E-state index is 11.4. The summed E-state index contributed by atoms with van der Waals surface area (Å²) in [7, 11) is -3.15. The zero-order chi connectivity index (χ0) is 17.9. The zero-order valence-electron chi connectivity index (χ0n) is 14.8. The van der Waals surface area contributed by atoms with Crippen LogP contribution in [0.25, 0.3) is 0 Å². The maximum Gasteiger partial charge on any atom is 0.179 e. The van der Waals surface area contributed by atoms with Crippen molar-refractivity contribution in [2.45, 2.75) is 43.4 Å². The van der Waals surface area contributed by atoms with Crippen molar-refractivity contribution in [1.29, 1.82) is 5.26 Å². The third-order valence-corrected chi connectivity index (χ3v) is 6.81. The smallest absolute Gasteiger partial charge is 0.179 e. The van der Waals surface area contributed by atoms with Gasteiger partial charge in [0.25, 0.3) is 0 Å². The van der Waals surface area contributed by atoms with E-state index in [0.29, 0.717) is 16.9 Å². The van der Waals surface area contributed by atoms with Gasteiger partial charge in [-0.1, -0.05) is 0 Å².